The van der Waals surface area contributed by atoms with Crippen LogP contribution in [-0.4, -0.2) is 5.33 Å². The molecule has 0 unspecified atom stereocenters. The van der Waals surface area contributed by atoms with Crippen LogP contribution in [0, 0.1) is 0 Å². The van der Waals surface area contributed by atoms with Gasteiger partial charge >= 0.3 is 0 Å². The van der Waals surface area contributed by atoms with Crippen LogP contribution in [0.3, 0.4) is 0 Å². The molecule has 0 spiro atoms. The Morgan fingerprint density at radius 1 is 0.800 bits per heavy atom. The zero-order chi connectivity index (χ0) is 12.8. The van der Waals surface area contributed by atoms with E-state index in [9.17, 15) is 0 Å². The van der Waals surface area contributed by atoms with E-state index in [1.807, 2.05) is 0 Å². The molecule has 0 atom stereocenters. The lowest BCUT2D eigenvalue weighted by atomic mass is 10.1. The van der Waals surface area contributed by atoms with Crippen molar-refractivity contribution in [2.75, 3.05) is 5.33 Å². The van der Waals surface area contributed by atoms with Crippen molar-refractivity contribution in [1.82, 2.24) is 0 Å². The Balaban J connectivity index is 0.00000180. The van der Waals surface area contributed by atoms with Crippen LogP contribution in [0.2, 0.25) is 0 Å². The summed E-state index contributed by atoms with van der Waals surface area (Å²) in [7, 11) is 0. The maximum atomic E-state index is 3.45. The first-order valence-electron chi connectivity index (χ1n) is 6.38. The fraction of sp³-hybridized carbons (Fsp3) is 0.333. The van der Waals surface area contributed by atoms with Crippen LogP contribution in [0.25, 0.3) is 11.1 Å². The van der Waals surface area contributed by atoms with Gasteiger partial charge in [-0.3, -0.25) is 0 Å². The van der Waals surface area contributed by atoms with E-state index in [4.69, 9.17) is 0 Å². The zero-order valence-electron chi connectivity index (χ0n) is 11.5. The van der Waals surface area contributed by atoms with Crippen molar-refractivity contribution in [2.45, 2.75) is 26.4 Å². The van der Waals surface area contributed by atoms with Crippen molar-refractivity contribution >= 4 is 15.9 Å². The van der Waals surface area contributed by atoms with Gasteiger partial charge in [-0.25, -0.2) is 9.13 Å². The Kier molecular flexibility index (Phi) is 10.3. The van der Waals surface area contributed by atoms with E-state index < -0.39 is 0 Å². The zero-order valence-corrected chi connectivity index (χ0v) is 16.2. The molecule has 2 nitrogen and oxygen atoms in total. The first-order valence-corrected chi connectivity index (χ1v) is 7.50. The van der Waals surface area contributed by atoms with Gasteiger partial charge in [-0.1, -0.05) is 22.9 Å². The molecule has 5 heteroatoms. The predicted molar refractivity (Wildman–Crippen MR) is 76.4 cm³/mol. The average Bonchev–Trinajstić information content (AvgIpc) is 2.41. The van der Waals surface area contributed by atoms with E-state index >= 15 is 0 Å². The third-order valence-electron chi connectivity index (χ3n) is 2.94. The van der Waals surface area contributed by atoms with Crippen LogP contribution < -0.4 is 43.1 Å². The molecule has 0 N–H and O–H groups in total. The first-order chi connectivity index (χ1) is 8.83. The Morgan fingerprint density at radius 2 is 1.20 bits per heavy atom. The number of rotatable bonds is 5. The SMILES string of the molecule is CCC[n+]1ccc(-c2cc[n+](CCBr)cc2)cc1.[Br-].[Br-]. The molecule has 0 aliphatic heterocycles. The summed E-state index contributed by atoms with van der Waals surface area (Å²) in [5.74, 6) is 0. The van der Waals surface area contributed by atoms with Crippen LogP contribution in [-0.2, 0) is 13.1 Å². The number of halogens is 3. The quantitative estimate of drug-likeness (QED) is 0.323. The highest BCUT2D eigenvalue weighted by Crippen LogP contribution is 2.15. The molecule has 2 rings (SSSR count). The molecule has 2 aromatic rings. The molecular weight excluding hydrogens is 448 g/mol. The summed E-state index contributed by atoms with van der Waals surface area (Å²) >= 11 is 3.45. The van der Waals surface area contributed by atoms with Gasteiger partial charge in [0.15, 0.2) is 31.3 Å². The smallest absolute Gasteiger partial charge is 0.169 e. The van der Waals surface area contributed by atoms with Crippen LogP contribution in [0.1, 0.15) is 13.3 Å². The van der Waals surface area contributed by atoms with E-state index in [0.29, 0.717) is 0 Å². The van der Waals surface area contributed by atoms with Gasteiger partial charge < -0.3 is 34.0 Å². The molecule has 2 heterocycles. The number of aromatic nitrogens is 2. The van der Waals surface area contributed by atoms with Crippen molar-refractivity contribution < 1.29 is 43.1 Å². The molecule has 2 aromatic heterocycles. The molecule has 0 radical (unpaired) electrons. The predicted octanol–water partition coefficient (Wildman–Crippen LogP) is -3.26. The van der Waals surface area contributed by atoms with Gasteiger partial charge in [0.1, 0.15) is 6.54 Å². The number of hydrogen-bond donors (Lipinski definition) is 0. The average molecular weight is 467 g/mol. The van der Waals surface area contributed by atoms with E-state index in [-0.39, 0.29) is 34.0 Å². The van der Waals surface area contributed by atoms with Crippen LogP contribution in [0.15, 0.2) is 49.1 Å². The van der Waals surface area contributed by atoms with Gasteiger partial charge in [-0.15, -0.1) is 0 Å². The van der Waals surface area contributed by atoms with Crippen molar-refractivity contribution in [3.8, 4) is 11.1 Å². The van der Waals surface area contributed by atoms with Crippen molar-refractivity contribution in [3.05, 3.63) is 49.1 Å². The molecule has 0 saturated heterocycles. The van der Waals surface area contributed by atoms with Crippen LogP contribution >= 0.6 is 15.9 Å². The molecule has 110 valence electrons. The highest BCUT2D eigenvalue weighted by atomic mass is 79.9. The third-order valence-corrected chi connectivity index (χ3v) is 3.29. The van der Waals surface area contributed by atoms with Gasteiger partial charge in [-0.2, -0.15) is 0 Å². The van der Waals surface area contributed by atoms with Gasteiger partial charge in [0.2, 0.25) is 0 Å². The molecule has 0 saturated carbocycles. The van der Waals surface area contributed by atoms with Gasteiger partial charge in [0.25, 0.3) is 0 Å². The van der Waals surface area contributed by atoms with Gasteiger partial charge in [-0.05, 0) is 11.1 Å². The second-order valence-electron chi connectivity index (χ2n) is 4.34. The topological polar surface area (TPSA) is 7.76 Å². The second kappa shape index (κ2) is 10.5. The van der Waals surface area contributed by atoms with Crippen molar-refractivity contribution in [2.24, 2.45) is 0 Å². The number of aryl methyl sites for hydroxylation is 2. The summed E-state index contributed by atoms with van der Waals surface area (Å²) < 4.78 is 4.40. The maximum Gasteiger partial charge on any atom is 0.169 e. The Labute approximate surface area is 150 Å². The molecule has 0 aromatic carbocycles. The summed E-state index contributed by atoms with van der Waals surface area (Å²) in [5, 5.41) is 0.985. The number of pyridine rings is 2. The molecule has 0 amide bonds. The fourth-order valence-corrected chi connectivity index (χ4v) is 2.36. The molecule has 20 heavy (non-hydrogen) atoms. The first kappa shape index (κ1) is 19.7. The minimum atomic E-state index is 0. The number of hydrogen-bond acceptors (Lipinski definition) is 0. The minimum absolute atomic E-state index is 0. The summed E-state index contributed by atoms with van der Waals surface area (Å²) in [6, 6.07) is 8.70. The molecule has 0 fully saturated rings. The van der Waals surface area contributed by atoms with Crippen molar-refractivity contribution in [1.29, 1.82) is 0 Å². The lowest BCUT2D eigenvalue weighted by Crippen LogP contribution is -3.00. The Bertz CT molecular complexity index is 436. The van der Waals surface area contributed by atoms with Gasteiger partial charge in [0.05, 0.1) is 5.33 Å². The summed E-state index contributed by atoms with van der Waals surface area (Å²) in [5.41, 5.74) is 2.54. The maximum absolute atomic E-state index is 3.45. The van der Waals surface area contributed by atoms with E-state index in [2.05, 4.69) is 81.0 Å². The number of alkyl halides is 1. The van der Waals surface area contributed by atoms with E-state index in [1.165, 1.54) is 17.5 Å². The second-order valence-corrected chi connectivity index (χ2v) is 5.13. The minimum Gasteiger partial charge on any atom is -1.00 e. The fourth-order valence-electron chi connectivity index (χ4n) is 1.95. The largest absolute Gasteiger partial charge is 1.00 e. The normalized spacial score (nSPS) is 9.50. The van der Waals surface area contributed by atoms with Gasteiger partial charge in [0, 0.05) is 30.7 Å². The van der Waals surface area contributed by atoms with E-state index in [1.54, 1.807) is 0 Å². The summed E-state index contributed by atoms with van der Waals surface area (Å²) in [6.45, 7) is 4.28. The Hall–Kier alpha value is -0.260. The molecule has 0 bridgehead atoms. The molecule has 0 aliphatic carbocycles. The third kappa shape index (κ3) is 5.62. The standard InChI is InChI=1S/C15H19BrN2.2BrH/c1-2-8-17-9-3-14(4-10-17)15-5-11-18(12-6-15)13-7-16;;/h3-6,9-12H,2,7-8,13H2,1H3;2*1H/q+2;;/p-2. The lowest BCUT2D eigenvalue weighted by Gasteiger charge is -2.00. The Morgan fingerprint density at radius 3 is 1.55 bits per heavy atom. The molecular formula is C15H19Br3N2. The number of nitrogens with zero attached hydrogens (tertiary/aromatic N) is 2. The highest BCUT2D eigenvalue weighted by molar-refractivity contribution is 9.09. The van der Waals surface area contributed by atoms with Crippen LogP contribution in [0.5, 0.6) is 0 Å². The lowest BCUT2D eigenvalue weighted by molar-refractivity contribution is -0.696. The van der Waals surface area contributed by atoms with Crippen LogP contribution in [0.4, 0.5) is 0 Å². The highest BCUT2D eigenvalue weighted by Gasteiger charge is 2.04. The monoisotopic (exact) mass is 464 g/mol. The van der Waals surface area contributed by atoms with E-state index in [0.717, 1.165) is 18.4 Å². The summed E-state index contributed by atoms with van der Waals surface area (Å²) in [6.07, 6.45) is 9.73. The summed E-state index contributed by atoms with van der Waals surface area (Å²) in [4.78, 5) is 0. The van der Waals surface area contributed by atoms with Crippen molar-refractivity contribution in [3.63, 3.8) is 0 Å². The molecule has 0 aliphatic rings.